The smallest absolute Gasteiger partial charge is 0.322 e. The van der Waals surface area contributed by atoms with Gasteiger partial charge in [0.15, 0.2) is 0 Å². The van der Waals surface area contributed by atoms with E-state index in [0.717, 1.165) is 6.42 Å². The highest BCUT2D eigenvalue weighted by atomic mass is 16.5. The quantitative estimate of drug-likeness (QED) is 0.907. The molecule has 1 aromatic carbocycles. The van der Waals surface area contributed by atoms with Crippen molar-refractivity contribution in [3.05, 3.63) is 64.1 Å². The maximum absolute atomic E-state index is 12.4. The predicted molar refractivity (Wildman–Crippen MR) is 92.3 cm³/mol. The number of hydrogen-bond donors (Lipinski definition) is 2. The van der Waals surface area contributed by atoms with Crippen LogP contribution in [-0.2, 0) is 11.2 Å². The molecule has 6 nitrogen and oxygen atoms in total. The van der Waals surface area contributed by atoms with Gasteiger partial charge in [-0.1, -0.05) is 30.3 Å². The van der Waals surface area contributed by atoms with Crippen LogP contribution in [0.1, 0.15) is 11.1 Å². The van der Waals surface area contributed by atoms with Crippen LogP contribution in [0.3, 0.4) is 0 Å². The molecular formula is C18H21N3O3. The first-order valence-corrected chi connectivity index (χ1v) is 8.02. The highest BCUT2D eigenvalue weighted by Crippen LogP contribution is 2.13. The van der Waals surface area contributed by atoms with Crippen LogP contribution in [0.15, 0.2) is 47.4 Å². The summed E-state index contributed by atoms with van der Waals surface area (Å²) < 4.78 is 5.78. The fourth-order valence-corrected chi connectivity index (χ4v) is 2.78. The van der Waals surface area contributed by atoms with Gasteiger partial charge in [-0.25, -0.2) is 4.79 Å². The molecule has 24 heavy (non-hydrogen) atoms. The number of hydrogen-bond acceptors (Lipinski definition) is 3. The summed E-state index contributed by atoms with van der Waals surface area (Å²) in [4.78, 5) is 28.2. The van der Waals surface area contributed by atoms with Crippen molar-refractivity contribution in [2.45, 2.75) is 19.4 Å². The monoisotopic (exact) mass is 327 g/mol. The molecule has 2 N–H and O–H groups in total. The van der Waals surface area contributed by atoms with Crippen LogP contribution in [0.25, 0.3) is 0 Å². The molecule has 126 valence electrons. The van der Waals surface area contributed by atoms with Crippen LogP contribution in [0, 0.1) is 6.92 Å². The second-order valence-electron chi connectivity index (χ2n) is 5.96. The van der Waals surface area contributed by atoms with Crippen molar-refractivity contribution >= 4 is 11.7 Å². The SMILES string of the molecule is Cc1cc(NC(=O)N2CCOC(Cc3ccccc3)C2)c[nH]c1=O. The number of urea groups is 1. The number of aryl methyl sites for hydroxylation is 1. The summed E-state index contributed by atoms with van der Waals surface area (Å²) in [5.74, 6) is 0. The maximum Gasteiger partial charge on any atom is 0.322 e. The molecule has 2 aromatic rings. The van der Waals surface area contributed by atoms with Crippen LogP contribution >= 0.6 is 0 Å². The zero-order valence-electron chi connectivity index (χ0n) is 13.6. The number of pyridine rings is 1. The Balaban J connectivity index is 1.60. The van der Waals surface area contributed by atoms with Crippen LogP contribution in [-0.4, -0.2) is 41.7 Å². The number of ether oxygens (including phenoxy) is 1. The second-order valence-corrected chi connectivity index (χ2v) is 5.96. The Labute approximate surface area is 140 Å². The van der Waals surface area contributed by atoms with E-state index in [1.807, 2.05) is 18.2 Å². The number of benzene rings is 1. The molecule has 1 unspecified atom stereocenters. The van der Waals surface area contributed by atoms with E-state index in [9.17, 15) is 9.59 Å². The van der Waals surface area contributed by atoms with Gasteiger partial charge in [0, 0.05) is 31.3 Å². The van der Waals surface area contributed by atoms with E-state index in [-0.39, 0.29) is 17.7 Å². The number of morpholine rings is 1. The first-order chi connectivity index (χ1) is 11.6. The summed E-state index contributed by atoms with van der Waals surface area (Å²) in [6.07, 6.45) is 2.28. The summed E-state index contributed by atoms with van der Waals surface area (Å²) >= 11 is 0. The topological polar surface area (TPSA) is 74.4 Å². The number of rotatable bonds is 3. The largest absolute Gasteiger partial charge is 0.374 e. The van der Waals surface area contributed by atoms with E-state index in [1.54, 1.807) is 17.9 Å². The van der Waals surface area contributed by atoms with Crippen molar-refractivity contribution in [1.82, 2.24) is 9.88 Å². The first-order valence-electron chi connectivity index (χ1n) is 8.02. The molecule has 0 bridgehead atoms. The van der Waals surface area contributed by atoms with Gasteiger partial charge >= 0.3 is 6.03 Å². The number of nitrogens with one attached hydrogen (secondary N) is 2. The Morgan fingerprint density at radius 3 is 2.92 bits per heavy atom. The molecule has 0 saturated carbocycles. The molecule has 0 radical (unpaired) electrons. The number of carbonyl (C=O) groups is 1. The van der Waals surface area contributed by atoms with Crippen LogP contribution < -0.4 is 10.9 Å². The summed E-state index contributed by atoms with van der Waals surface area (Å²) in [6.45, 7) is 3.33. The van der Waals surface area contributed by atoms with Gasteiger partial charge in [0.05, 0.1) is 18.4 Å². The van der Waals surface area contributed by atoms with E-state index in [4.69, 9.17) is 4.74 Å². The maximum atomic E-state index is 12.4. The van der Waals surface area contributed by atoms with Crippen molar-refractivity contribution in [1.29, 1.82) is 0 Å². The highest BCUT2D eigenvalue weighted by molar-refractivity contribution is 5.89. The van der Waals surface area contributed by atoms with Gasteiger partial charge in [0.2, 0.25) is 0 Å². The Kier molecular flexibility index (Phi) is 4.96. The lowest BCUT2D eigenvalue weighted by atomic mass is 10.1. The third kappa shape index (κ3) is 4.02. The number of amides is 2. The zero-order chi connectivity index (χ0) is 16.9. The minimum Gasteiger partial charge on any atom is -0.374 e. The van der Waals surface area contributed by atoms with Gasteiger partial charge in [0.1, 0.15) is 0 Å². The molecule has 2 amide bonds. The summed E-state index contributed by atoms with van der Waals surface area (Å²) in [5, 5.41) is 2.83. The predicted octanol–water partition coefficient (Wildman–Crippen LogP) is 2.16. The van der Waals surface area contributed by atoms with Gasteiger partial charge in [0.25, 0.3) is 5.56 Å². The van der Waals surface area contributed by atoms with Crippen LogP contribution in [0.5, 0.6) is 0 Å². The summed E-state index contributed by atoms with van der Waals surface area (Å²) in [5.41, 5.74) is 2.20. The van der Waals surface area contributed by atoms with E-state index >= 15 is 0 Å². The van der Waals surface area contributed by atoms with Crippen molar-refractivity contribution in [3.63, 3.8) is 0 Å². The number of aromatic nitrogens is 1. The number of H-pyrrole nitrogens is 1. The lowest BCUT2D eigenvalue weighted by molar-refractivity contribution is -0.0113. The molecule has 1 saturated heterocycles. The molecule has 0 aliphatic carbocycles. The number of aromatic amines is 1. The molecule has 0 spiro atoms. The zero-order valence-corrected chi connectivity index (χ0v) is 13.6. The summed E-state index contributed by atoms with van der Waals surface area (Å²) in [6, 6.07) is 11.6. The minimum atomic E-state index is -0.178. The molecular weight excluding hydrogens is 306 g/mol. The number of nitrogens with zero attached hydrogens (tertiary/aromatic N) is 1. The number of carbonyl (C=O) groups excluding carboxylic acids is 1. The average Bonchev–Trinajstić information content (AvgIpc) is 2.59. The molecule has 1 fully saturated rings. The molecule has 1 atom stereocenters. The van der Waals surface area contributed by atoms with Gasteiger partial charge in [-0.3, -0.25) is 4.79 Å². The molecule has 1 aromatic heterocycles. The van der Waals surface area contributed by atoms with Crippen molar-refractivity contribution in [2.24, 2.45) is 0 Å². The lowest BCUT2D eigenvalue weighted by Gasteiger charge is -2.33. The Morgan fingerprint density at radius 2 is 2.17 bits per heavy atom. The molecule has 2 heterocycles. The third-order valence-corrected chi connectivity index (χ3v) is 4.07. The molecule has 1 aliphatic heterocycles. The van der Waals surface area contributed by atoms with Crippen LogP contribution in [0.2, 0.25) is 0 Å². The van der Waals surface area contributed by atoms with Gasteiger partial charge < -0.3 is 19.9 Å². The second kappa shape index (κ2) is 7.31. The van der Waals surface area contributed by atoms with E-state index < -0.39 is 0 Å². The summed E-state index contributed by atoms with van der Waals surface area (Å²) in [7, 11) is 0. The van der Waals surface area contributed by atoms with Crippen molar-refractivity contribution < 1.29 is 9.53 Å². The first kappa shape index (κ1) is 16.3. The fourth-order valence-electron chi connectivity index (χ4n) is 2.78. The average molecular weight is 327 g/mol. The third-order valence-electron chi connectivity index (χ3n) is 4.07. The fraction of sp³-hybridized carbons (Fsp3) is 0.333. The van der Waals surface area contributed by atoms with E-state index in [0.29, 0.717) is 30.9 Å². The highest BCUT2D eigenvalue weighted by Gasteiger charge is 2.24. The van der Waals surface area contributed by atoms with Crippen molar-refractivity contribution in [3.8, 4) is 0 Å². The minimum absolute atomic E-state index is 0.00998. The Bertz CT molecular complexity index is 758. The van der Waals surface area contributed by atoms with E-state index in [1.165, 1.54) is 11.8 Å². The van der Waals surface area contributed by atoms with Crippen LogP contribution in [0.4, 0.5) is 10.5 Å². The van der Waals surface area contributed by atoms with Gasteiger partial charge in [-0.05, 0) is 18.6 Å². The molecule has 3 rings (SSSR count). The number of anilines is 1. The molecule has 6 heteroatoms. The van der Waals surface area contributed by atoms with Crippen molar-refractivity contribution in [2.75, 3.05) is 25.0 Å². The molecule has 1 aliphatic rings. The van der Waals surface area contributed by atoms with E-state index in [2.05, 4.69) is 22.4 Å². The van der Waals surface area contributed by atoms with Gasteiger partial charge in [-0.2, -0.15) is 0 Å². The van der Waals surface area contributed by atoms with Gasteiger partial charge in [-0.15, -0.1) is 0 Å². The standard InChI is InChI=1S/C18H21N3O3/c1-13-9-15(11-19-17(13)22)20-18(23)21-7-8-24-16(12-21)10-14-5-3-2-4-6-14/h2-6,9,11,16H,7-8,10,12H2,1H3,(H,19,22)(H,20,23). The lowest BCUT2D eigenvalue weighted by Crippen LogP contribution is -2.48. The Morgan fingerprint density at radius 1 is 1.38 bits per heavy atom. The normalized spacial score (nSPS) is 17.5. The Hall–Kier alpha value is -2.60.